The molecule has 0 fully saturated rings. The summed E-state index contributed by atoms with van der Waals surface area (Å²) in [4.78, 5) is 31.9. The summed E-state index contributed by atoms with van der Waals surface area (Å²) in [7, 11) is 1.61. The van der Waals surface area contributed by atoms with E-state index in [1.165, 1.54) is 11.8 Å². The molecule has 0 spiro atoms. The highest BCUT2D eigenvalue weighted by atomic mass is 32.2. The number of amides is 1. The fraction of sp³-hybridized carbons (Fsp3) is 0.522. The fourth-order valence-corrected chi connectivity index (χ4v) is 4.76. The second-order valence-corrected chi connectivity index (χ2v) is 8.54. The maximum absolute atomic E-state index is 12.8. The summed E-state index contributed by atoms with van der Waals surface area (Å²) < 4.78 is 6.99. The highest BCUT2D eigenvalue weighted by Gasteiger charge is 2.21. The zero-order chi connectivity index (χ0) is 22.2. The van der Waals surface area contributed by atoms with Crippen molar-refractivity contribution in [2.45, 2.75) is 51.1 Å². The van der Waals surface area contributed by atoms with Crippen molar-refractivity contribution in [3.05, 3.63) is 46.0 Å². The number of aromatic nitrogens is 2. The summed E-state index contributed by atoms with van der Waals surface area (Å²) in [6, 6.07) is 7.22. The molecule has 0 radical (unpaired) electrons. The molecule has 0 unspecified atom stereocenters. The molecule has 0 aliphatic heterocycles. The van der Waals surface area contributed by atoms with Gasteiger partial charge in [-0.05, 0) is 63.0 Å². The number of rotatable bonds is 10. The maximum atomic E-state index is 12.8. The minimum Gasteiger partial charge on any atom is -0.497 e. The molecule has 1 aromatic heterocycles. The molecule has 1 aliphatic carbocycles. The van der Waals surface area contributed by atoms with Crippen LogP contribution in [0.5, 0.6) is 5.75 Å². The summed E-state index contributed by atoms with van der Waals surface area (Å²) in [6.45, 7) is 7.72. The van der Waals surface area contributed by atoms with E-state index in [-0.39, 0.29) is 17.3 Å². The van der Waals surface area contributed by atoms with Crippen LogP contribution in [0.2, 0.25) is 0 Å². The monoisotopic (exact) mass is 444 g/mol. The molecule has 8 heteroatoms. The van der Waals surface area contributed by atoms with Crippen LogP contribution in [0.3, 0.4) is 0 Å². The second kappa shape index (κ2) is 11.3. The molecule has 0 bridgehead atoms. The number of ether oxygens (including phenoxy) is 1. The minimum atomic E-state index is -0.203. The molecule has 3 rings (SSSR count). The molecule has 1 N–H and O–H groups in total. The van der Waals surface area contributed by atoms with E-state index in [0.29, 0.717) is 17.3 Å². The van der Waals surface area contributed by atoms with Gasteiger partial charge in [0.25, 0.3) is 0 Å². The Morgan fingerprint density at radius 1 is 1.19 bits per heavy atom. The van der Waals surface area contributed by atoms with E-state index in [2.05, 4.69) is 29.0 Å². The number of anilines is 1. The van der Waals surface area contributed by atoms with Crippen LogP contribution in [0.25, 0.3) is 0 Å². The van der Waals surface area contributed by atoms with E-state index in [9.17, 15) is 9.59 Å². The van der Waals surface area contributed by atoms with Gasteiger partial charge in [-0.1, -0.05) is 25.6 Å². The van der Waals surface area contributed by atoms with Crippen LogP contribution in [-0.4, -0.2) is 52.9 Å². The van der Waals surface area contributed by atoms with Crippen molar-refractivity contribution in [1.29, 1.82) is 0 Å². The summed E-state index contributed by atoms with van der Waals surface area (Å²) in [5.41, 5.74) is 2.77. The number of thioether (sulfide) groups is 1. The Balaban J connectivity index is 1.70. The third-order valence-corrected chi connectivity index (χ3v) is 6.72. The van der Waals surface area contributed by atoms with Gasteiger partial charge in [0.15, 0.2) is 0 Å². The van der Waals surface area contributed by atoms with Crippen LogP contribution in [0.1, 0.15) is 37.9 Å². The van der Waals surface area contributed by atoms with Crippen LogP contribution in [0, 0.1) is 0 Å². The van der Waals surface area contributed by atoms with Gasteiger partial charge in [0.05, 0.1) is 12.9 Å². The average molecular weight is 445 g/mol. The zero-order valence-corrected chi connectivity index (χ0v) is 19.5. The van der Waals surface area contributed by atoms with Crippen molar-refractivity contribution in [3.8, 4) is 5.75 Å². The van der Waals surface area contributed by atoms with Gasteiger partial charge >= 0.3 is 5.69 Å². The number of methoxy groups -OCH3 is 1. The number of carbonyl (C=O) groups excluding carboxylic acids is 1. The summed E-state index contributed by atoms with van der Waals surface area (Å²) in [5, 5.41) is 3.59. The number of nitrogens with zero attached hydrogens (tertiary/aromatic N) is 3. The van der Waals surface area contributed by atoms with E-state index < -0.39 is 0 Å². The van der Waals surface area contributed by atoms with Crippen LogP contribution in [-0.2, 0) is 24.2 Å². The van der Waals surface area contributed by atoms with Gasteiger partial charge in [0.2, 0.25) is 5.91 Å². The lowest BCUT2D eigenvalue weighted by molar-refractivity contribution is -0.113. The normalized spacial score (nSPS) is 13.2. The number of benzene rings is 1. The van der Waals surface area contributed by atoms with Crippen molar-refractivity contribution >= 4 is 23.4 Å². The molecule has 168 valence electrons. The first kappa shape index (κ1) is 23.3. The number of carbonyl (C=O) groups is 1. The van der Waals surface area contributed by atoms with Gasteiger partial charge in [-0.3, -0.25) is 9.36 Å². The second-order valence-electron chi connectivity index (χ2n) is 7.58. The molecule has 1 aromatic carbocycles. The summed E-state index contributed by atoms with van der Waals surface area (Å²) >= 11 is 1.35. The number of nitrogens with one attached hydrogen (secondary N) is 1. The Hall–Kier alpha value is -2.32. The van der Waals surface area contributed by atoms with Crippen molar-refractivity contribution < 1.29 is 9.53 Å². The first-order chi connectivity index (χ1) is 15.0. The summed E-state index contributed by atoms with van der Waals surface area (Å²) in [6.07, 6.45) is 3.99. The van der Waals surface area contributed by atoms with Crippen molar-refractivity contribution in [3.63, 3.8) is 0 Å². The predicted molar refractivity (Wildman–Crippen MR) is 125 cm³/mol. The van der Waals surface area contributed by atoms with Crippen molar-refractivity contribution in [2.75, 3.05) is 37.8 Å². The largest absolute Gasteiger partial charge is 0.497 e. The Labute approximate surface area is 188 Å². The molecule has 0 saturated carbocycles. The maximum Gasteiger partial charge on any atom is 0.348 e. The van der Waals surface area contributed by atoms with E-state index in [1.807, 2.05) is 4.57 Å². The van der Waals surface area contributed by atoms with Crippen molar-refractivity contribution in [1.82, 2.24) is 14.5 Å². The Kier molecular flexibility index (Phi) is 8.54. The van der Waals surface area contributed by atoms with E-state index in [1.54, 1.807) is 31.4 Å². The average Bonchev–Trinajstić information content (AvgIpc) is 2.80. The van der Waals surface area contributed by atoms with Gasteiger partial charge in [0, 0.05) is 30.0 Å². The molecule has 0 saturated heterocycles. The highest BCUT2D eigenvalue weighted by Crippen LogP contribution is 2.28. The molecule has 1 heterocycles. The number of hydrogen-bond donors (Lipinski definition) is 1. The van der Waals surface area contributed by atoms with Gasteiger partial charge in [-0.15, -0.1) is 0 Å². The Morgan fingerprint density at radius 2 is 1.90 bits per heavy atom. The first-order valence-electron chi connectivity index (χ1n) is 11.0. The van der Waals surface area contributed by atoms with E-state index in [4.69, 9.17) is 4.74 Å². The number of hydrogen-bond acceptors (Lipinski definition) is 6. The lowest BCUT2D eigenvalue weighted by Crippen LogP contribution is -2.35. The molecule has 1 aliphatic rings. The van der Waals surface area contributed by atoms with Crippen LogP contribution in [0.15, 0.2) is 34.1 Å². The lowest BCUT2D eigenvalue weighted by atomic mass is 9.97. The van der Waals surface area contributed by atoms with Crippen molar-refractivity contribution in [2.24, 2.45) is 0 Å². The molecular weight excluding hydrogens is 412 g/mol. The zero-order valence-electron chi connectivity index (χ0n) is 18.6. The molecular formula is C23H32N4O3S. The first-order valence-corrected chi connectivity index (χ1v) is 12.0. The van der Waals surface area contributed by atoms with Crippen LogP contribution < -0.4 is 15.7 Å². The quantitative estimate of drug-likeness (QED) is 0.448. The van der Waals surface area contributed by atoms with Gasteiger partial charge in [-0.25, -0.2) is 4.79 Å². The van der Waals surface area contributed by atoms with Crippen LogP contribution in [0.4, 0.5) is 5.69 Å². The lowest BCUT2D eigenvalue weighted by Gasteiger charge is -2.24. The highest BCUT2D eigenvalue weighted by molar-refractivity contribution is 8.00. The molecule has 31 heavy (non-hydrogen) atoms. The van der Waals surface area contributed by atoms with Gasteiger partial charge in [-0.2, -0.15) is 4.98 Å². The van der Waals surface area contributed by atoms with E-state index in [0.717, 1.165) is 62.3 Å². The summed E-state index contributed by atoms with van der Waals surface area (Å²) in [5.74, 6) is 0.839. The Bertz CT molecular complexity index is 939. The third-order valence-electron chi connectivity index (χ3n) is 5.70. The molecule has 1 amide bonds. The fourth-order valence-electron chi connectivity index (χ4n) is 3.88. The Morgan fingerprint density at radius 3 is 2.58 bits per heavy atom. The predicted octanol–water partition coefficient (Wildman–Crippen LogP) is 3.20. The molecule has 0 atom stereocenters. The number of fused-ring (bicyclic) bond motifs is 1. The smallest absolute Gasteiger partial charge is 0.348 e. The SMILES string of the molecule is CCN(CC)CCn1c2c(c(SCC(=O)Nc3ccc(OC)cc3)nc1=O)CCCC2. The number of likely N-dealkylation sites (N-methyl/N-ethyl adjacent to an activating group) is 1. The van der Waals surface area contributed by atoms with E-state index >= 15 is 0 Å². The third kappa shape index (κ3) is 6.11. The molecule has 7 nitrogen and oxygen atoms in total. The molecule has 2 aromatic rings. The topological polar surface area (TPSA) is 76.5 Å². The van der Waals surface area contributed by atoms with Gasteiger partial charge < -0.3 is 15.0 Å². The van der Waals surface area contributed by atoms with Gasteiger partial charge in [0.1, 0.15) is 10.8 Å². The van der Waals surface area contributed by atoms with Crippen LogP contribution >= 0.6 is 11.8 Å². The minimum absolute atomic E-state index is 0.118. The standard InChI is InChI=1S/C23H32N4O3S/c1-4-26(5-2)14-15-27-20-9-7-6-8-19(20)22(25-23(27)29)31-16-21(28)24-17-10-12-18(30-3)13-11-17/h10-13H,4-9,14-16H2,1-3H3,(H,24,28).